The van der Waals surface area contributed by atoms with Crippen molar-refractivity contribution in [1.29, 1.82) is 0 Å². The molecule has 1 amide bonds. The van der Waals surface area contributed by atoms with Gasteiger partial charge >= 0.3 is 18.0 Å². The van der Waals surface area contributed by atoms with E-state index in [1.807, 2.05) is 42.2 Å². The van der Waals surface area contributed by atoms with Gasteiger partial charge in [-0.1, -0.05) is 68.3 Å². The van der Waals surface area contributed by atoms with Crippen LogP contribution in [0.5, 0.6) is 0 Å². The summed E-state index contributed by atoms with van der Waals surface area (Å²) in [6.07, 6.45) is -10.9. The number of rotatable bonds is 9. The van der Waals surface area contributed by atoms with Crippen molar-refractivity contribution in [2.75, 3.05) is 13.1 Å². The quantitative estimate of drug-likeness (QED) is 0.165. The van der Waals surface area contributed by atoms with E-state index in [0.29, 0.717) is 44.5 Å². The van der Waals surface area contributed by atoms with Gasteiger partial charge in [0, 0.05) is 31.2 Å². The molecule has 0 unspecified atom stereocenters. The molecule has 6 rings (SSSR count). The summed E-state index contributed by atoms with van der Waals surface area (Å²) in [5.41, 5.74) is -7.81. The van der Waals surface area contributed by atoms with Gasteiger partial charge in [0.1, 0.15) is 16.1 Å². The van der Waals surface area contributed by atoms with E-state index in [1.165, 1.54) is 0 Å². The lowest BCUT2D eigenvalue weighted by Crippen LogP contribution is -2.60. The van der Waals surface area contributed by atoms with E-state index in [9.17, 15) is 43.9 Å². The Kier molecular flexibility index (Phi) is 9.15. The monoisotopic (exact) mass is 728 g/mol. The molecule has 1 aliphatic carbocycles. The van der Waals surface area contributed by atoms with Gasteiger partial charge in [-0.3, -0.25) is 9.69 Å². The molecule has 3 aliphatic rings. The first-order valence-electron chi connectivity index (χ1n) is 16.5. The summed E-state index contributed by atoms with van der Waals surface area (Å²) >= 11 is 0. The molecule has 0 N–H and O–H groups in total. The summed E-state index contributed by atoms with van der Waals surface area (Å²) < 4.78 is 140. The Bertz CT molecular complexity index is 1840. The summed E-state index contributed by atoms with van der Waals surface area (Å²) in [6, 6.07) is 14.2. The zero-order valence-corrected chi connectivity index (χ0v) is 27.9. The van der Waals surface area contributed by atoms with Gasteiger partial charge in [0.15, 0.2) is 9.84 Å². The van der Waals surface area contributed by atoms with Crippen molar-refractivity contribution in [1.82, 2.24) is 9.80 Å². The van der Waals surface area contributed by atoms with Crippen LogP contribution in [0.15, 0.2) is 77.7 Å². The zero-order chi connectivity index (χ0) is 36.3. The highest BCUT2D eigenvalue weighted by atomic mass is 32.2. The summed E-state index contributed by atoms with van der Waals surface area (Å²) in [5, 5.41) is 0. The van der Waals surface area contributed by atoms with Gasteiger partial charge in [0.2, 0.25) is 5.91 Å². The maximum absolute atomic E-state index is 15.2. The topological polar surface area (TPSA) is 57.7 Å². The number of benzene rings is 3. The summed E-state index contributed by atoms with van der Waals surface area (Å²) in [7, 11) is -4.56. The first-order chi connectivity index (χ1) is 23.4. The molecule has 2 saturated heterocycles. The number of hydrogen-bond acceptors (Lipinski definition) is 4. The lowest BCUT2D eigenvalue weighted by molar-refractivity contribution is -0.348. The van der Waals surface area contributed by atoms with E-state index in [-0.39, 0.29) is 47.7 Å². The molecule has 3 aromatic carbocycles. The van der Waals surface area contributed by atoms with Gasteiger partial charge in [-0.15, -0.1) is 0 Å². The molecule has 0 spiro atoms. The SMILES string of the molecule is CCCC[C@@]1(N2CC[C@]3(S(=O)(=O)c4ccc(F)cc4)c4ccc(C(F)(C(F)(F)F)C(F)(F)F)cc4CC[C@H]23)CCN(Cc2ccccc2)C1=O. The highest BCUT2D eigenvalue weighted by Gasteiger charge is 2.74. The molecule has 14 heteroatoms. The molecule has 0 bridgehead atoms. The molecule has 0 radical (unpaired) electrons. The molecule has 3 atom stereocenters. The molecule has 2 aliphatic heterocycles. The van der Waals surface area contributed by atoms with Gasteiger partial charge in [0.05, 0.1) is 4.90 Å². The highest BCUT2D eigenvalue weighted by molar-refractivity contribution is 7.92. The predicted molar refractivity (Wildman–Crippen MR) is 169 cm³/mol. The number of halogens is 8. The normalized spacial score (nSPS) is 24.8. The van der Waals surface area contributed by atoms with Crippen molar-refractivity contribution in [3.8, 4) is 0 Å². The third kappa shape index (κ3) is 5.43. The number of nitrogens with zero attached hydrogens (tertiary/aromatic N) is 2. The number of fused-ring (bicyclic) bond motifs is 3. The molecular weight excluding hydrogens is 692 g/mol. The van der Waals surface area contributed by atoms with Crippen LogP contribution in [0.3, 0.4) is 0 Å². The Hall–Kier alpha value is -3.52. The van der Waals surface area contributed by atoms with Gasteiger partial charge in [-0.2, -0.15) is 26.3 Å². The van der Waals surface area contributed by atoms with E-state index >= 15 is 4.39 Å². The van der Waals surface area contributed by atoms with Crippen molar-refractivity contribution in [2.24, 2.45) is 0 Å². The first kappa shape index (κ1) is 36.3. The average molecular weight is 729 g/mol. The lowest BCUT2D eigenvalue weighted by Gasteiger charge is -2.48. The summed E-state index contributed by atoms with van der Waals surface area (Å²) in [5.74, 6) is -0.893. The molecular formula is C36H36F8N2O3S. The Morgan fingerprint density at radius 3 is 2.14 bits per heavy atom. The zero-order valence-electron chi connectivity index (χ0n) is 27.1. The second-order valence-electron chi connectivity index (χ2n) is 13.5. The number of aryl methyl sites for hydroxylation is 1. The van der Waals surface area contributed by atoms with Crippen molar-refractivity contribution >= 4 is 15.7 Å². The highest BCUT2D eigenvalue weighted by Crippen LogP contribution is 2.58. The number of carbonyl (C=O) groups is 1. The van der Waals surface area contributed by atoms with E-state index in [2.05, 4.69) is 0 Å². The Morgan fingerprint density at radius 2 is 1.52 bits per heavy atom. The molecule has 3 aromatic rings. The van der Waals surface area contributed by atoms with Gasteiger partial charge < -0.3 is 4.90 Å². The van der Waals surface area contributed by atoms with Crippen LogP contribution in [0.2, 0.25) is 0 Å². The van der Waals surface area contributed by atoms with Gasteiger partial charge in [-0.05, 0) is 73.1 Å². The van der Waals surface area contributed by atoms with Gasteiger partial charge in [-0.25, -0.2) is 17.2 Å². The fraction of sp³-hybridized carbons (Fsp3) is 0.472. The maximum atomic E-state index is 15.2. The van der Waals surface area contributed by atoms with Crippen LogP contribution in [-0.2, 0) is 38.0 Å². The minimum absolute atomic E-state index is 0.0476. The van der Waals surface area contributed by atoms with Crippen LogP contribution in [0.25, 0.3) is 0 Å². The number of amides is 1. The van der Waals surface area contributed by atoms with Gasteiger partial charge in [0.25, 0.3) is 0 Å². The molecule has 2 fully saturated rings. The van der Waals surface area contributed by atoms with Crippen LogP contribution in [0, 0.1) is 5.82 Å². The molecule has 50 heavy (non-hydrogen) atoms. The molecule has 270 valence electrons. The smallest absolute Gasteiger partial charge is 0.337 e. The fourth-order valence-electron chi connectivity index (χ4n) is 8.46. The van der Waals surface area contributed by atoms with Crippen LogP contribution >= 0.6 is 0 Å². The minimum Gasteiger partial charge on any atom is -0.337 e. The summed E-state index contributed by atoms with van der Waals surface area (Å²) in [6.45, 7) is 2.77. The summed E-state index contributed by atoms with van der Waals surface area (Å²) in [4.78, 5) is 17.8. The largest absolute Gasteiger partial charge is 0.435 e. The lowest BCUT2D eigenvalue weighted by atomic mass is 9.75. The third-order valence-electron chi connectivity index (χ3n) is 10.9. The van der Waals surface area contributed by atoms with Crippen LogP contribution < -0.4 is 0 Å². The average Bonchev–Trinajstić information content (AvgIpc) is 3.62. The third-order valence-corrected chi connectivity index (χ3v) is 13.4. The number of likely N-dealkylation sites (tertiary alicyclic amines) is 2. The first-order valence-corrected chi connectivity index (χ1v) is 18.0. The second kappa shape index (κ2) is 12.6. The van der Waals surface area contributed by atoms with Crippen molar-refractivity contribution in [3.05, 3.63) is 101 Å². The molecule has 2 heterocycles. The van der Waals surface area contributed by atoms with Crippen molar-refractivity contribution < 1.29 is 48.3 Å². The number of hydrogen-bond donors (Lipinski definition) is 0. The predicted octanol–water partition coefficient (Wildman–Crippen LogP) is 8.17. The maximum Gasteiger partial charge on any atom is 0.435 e. The Labute approximate surface area is 285 Å². The number of unbranched alkanes of at least 4 members (excludes halogenated alkanes) is 1. The van der Waals surface area contributed by atoms with E-state index in [4.69, 9.17) is 0 Å². The molecule has 0 aromatic heterocycles. The molecule has 5 nitrogen and oxygen atoms in total. The van der Waals surface area contributed by atoms with Crippen LogP contribution in [-0.4, -0.2) is 61.1 Å². The van der Waals surface area contributed by atoms with Crippen LogP contribution in [0.4, 0.5) is 35.1 Å². The minimum atomic E-state index is -6.35. The van der Waals surface area contributed by atoms with Crippen molar-refractivity contribution in [2.45, 2.75) is 97.7 Å². The number of carbonyl (C=O) groups excluding carboxylic acids is 1. The van der Waals surface area contributed by atoms with E-state index in [0.717, 1.165) is 42.3 Å². The Balaban J connectivity index is 1.50. The van der Waals surface area contributed by atoms with Crippen molar-refractivity contribution in [3.63, 3.8) is 0 Å². The van der Waals surface area contributed by atoms with E-state index in [1.54, 1.807) is 4.90 Å². The number of alkyl halides is 7. The Morgan fingerprint density at radius 1 is 0.860 bits per heavy atom. The molecule has 0 saturated carbocycles. The second-order valence-corrected chi connectivity index (χ2v) is 15.7. The van der Waals surface area contributed by atoms with Crippen LogP contribution in [0.1, 0.15) is 67.7 Å². The fourth-order valence-corrected chi connectivity index (χ4v) is 10.8. The standard InChI is InChI=1S/C36H36F8N2O3S/c1-2-3-17-32(18-20-45(31(32)47)23-24-7-5-4-6-8-24)46-21-19-33(50(48,49)28-13-11-27(37)12-14-28)29-15-10-26(22-25(29)9-16-30(33)46)34(38,35(39,40)41)36(42,43)44/h4-8,10-15,22,30H,2-3,9,16-21,23H2,1H3/t30-,32+,33-/m0/s1. The number of sulfone groups is 1. The van der Waals surface area contributed by atoms with E-state index < -0.39 is 55.6 Å².